The molecule has 0 heterocycles. The monoisotopic (exact) mass is 768 g/mol. The number of esters is 1. The molecule has 7 nitrogen and oxygen atoms in total. The molecule has 0 aromatic rings. The molecule has 0 aliphatic rings. The zero-order valence-electron chi connectivity index (χ0n) is 36.7. The zero-order chi connectivity index (χ0) is 39.6. The van der Waals surface area contributed by atoms with Gasteiger partial charge in [-0.15, -0.1) is 0 Å². The van der Waals surface area contributed by atoms with E-state index in [0.717, 1.165) is 110 Å². The molecule has 1 N–H and O–H groups in total. The molecule has 0 bridgehead atoms. The van der Waals surface area contributed by atoms with Crippen molar-refractivity contribution in [3.8, 4) is 0 Å². The Morgan fingerprint density at radius 1 is 0.444 bits per heavy atom. The van der Waals surface area contributed by atoms with Crippen molar-refractivity contribution in [2.45, 2.75) is 246 Å². The molecule has 0 spiro atoms. The standard InChI is InChI=1S/C47H93NO6/c1-5-9-12-14-15-16-17-22-29-37-45(36-28-13-10-6-2)54-47(51)53-43-33-26-21-19-24-31-39-48(40-41-49)38-30-23-18-20-25-32-42-52-46(50)44(34-8-4)35-27-11-7-3/h44-45,49H,5-43H2,1-4H3. The topological polar surface area (TPSA) is 85.3 Å². The minimum Gasteiger partial charge on any atom is -0.465 e. The number of rotatable bonds is 43. The minimum atomic E-state index is -0.470. The van der Waals surface area contributed by atoms with Gasteiger partial charge in [0.25, 0.3) is 0 Å². The van der Waals surface area contributed by atoms with Crippen molar-refractivity contribution in [2.75, 3.05) is 39.5 Å². The molecule has 7 heteroatoms. The SMILES string of the molecule is CCCCCCCCCCCC(CCCCCC)OC(=O)OCCCCCCCCN(CCO)CCCCCCCCOC(=O)C(CCC)CCCCC. The summed E-state index contributed by atoms with van der Waals surface area (Å²) in [5.74, 6) is 0.116. The summed E-state index contributed by atoms with van der Waals surface area (Å²) in [5, 5.41) is 9.56. The Morgan fingerprint density at radius 2 is 0.852 bits per heavy atom. The maximum atomic E-state index is 12.5. The summed E-state index contributed by atoms with van der Waals surface area (Å²) in [6.45, 7) is 13.0. The predicted octanol–water partition coefficient (Wildman–Crippen LogP) is 13.9. The van der Waals surface area contributed by atoms with Crippen LogP contribution in [-0.4, -0.2) is 67.7 Å². The van der Waals surface area contributed by atoms with Crippen LogP contribution in [-0.2, 0) is 19.0 Å². The summed E-state index contributed by atoms with van der Waals surface area (Å²) in [6, 6.07) is 0. The van der Waals surface area contributed by atoms with Gasteiger partial charge in [-0.05, 0) is 77.3 Å². The lowest BCUT2D eigenvalue weighted by Crippen LogP contribution is -2.29. The molecule has 0 aromatic carbocycles. The van der Waals surface area contributed by atoms with Crippen LogP contribution in [0.15, 0.2) is 0 Å². The van der Waals surface area contributed by atoms with Crippen molar-refractivity contribution in [3.63, 3.8) is 0 Å². The Hall–Kier alpha value is -1.34. The van der Waals surface area contributed by atoms with E-state index in [0.29, 0.717) is 13.2 Å². The third-order valence-corrected chi connectivity index (χ3v) is 11.0. The first-order chi connectivity index (χ1) is 26.5. The smallest absolute Gasteiger partial charge is 0.465 e. The number of unbranched alkanes of at least 4 members (excludes halogenated alkanes) is 23. The highest BCUT2D eigenvalue weighted by atomic mass is 16.7. The maximum absolute atomic E-state index is 12.5. The van der Waals surface area contributed by atoms with E-state index in [9.17, 15) is 14.7 Å². The molecule has 0 fully saturated rings. The zero-order valence-corrected chi connectivity index (χ0v) is 36.7. The van der Waals surface area contributed by atoms with Crippen LogP contribution in [0, 0.1) is 5.92 Å². The van der Waals surface area contributed by atoms with E-state index in [1.165, 1.54) is 122 Å². The number of hydrogen-bond acceptors (Lipinski definition) is 7. The van der Waals surface area contributed by atoms with E-state index in [1.807, 2.05) is 0 Å². The van der Waals surface area contributed by atoms with Gasteiger partial charge in [0.1, 0.15) is 6.10 Å². The molecule has 54 heavy (non-hydrogen) atoms. The molecule has 0 amide bonds. The second-order valence-electron chi connectivity index (χ2n) is 16.3. The molecule has 0 aliphatic carbocycles. The van der Waals surface area contributed by atoms with E-state index >= 15 is 0 Å². The van der Waals surface area contributed by atoms with Gasteiger partial charge in [0.05, 0.1) is 25.7 Å². The number of aliphatic hydroxyl groups excluding tert-OH is 1. The van der Waals surface area contributed by atoms with Gasteiger partial charge in [-0.25, -0.2) is 4.79 Å². The van der Waals surface area contributed by atoms with Gasteiger partial charge < -0.3 is 24.2 Å². The van der Waals surface area contributed by atoms with Crippen LogP contribution in [0.3, 0.4) is 0 Å². The fourth-order valence-electron chi connectivity index (χ4n) is 7.50. The largest absolute Gasteiger partial charge is 0.508 e. The molecule has 2 atom stereocenters. The molecule has 0 aromatic heterocycles. The minimum absolute atomic E-state index is 0.00187. The number of aliphatic hydroxyl groups is 1. The lowest BCUT2D eigenvalue weighted by Gasteiger charge is -2.21. The highest BCUT2D eigenvalue weighted by Crippen LogP contribution is 2.19. The number of ether oxygens (including phenoxy) is 3. The van der Waals surface area contributed by atoms with Crippen LogP contribution >= 0.6 is 0 Å². The predicted molar refractivity (Wildman–Crippen MR) is 229 cm³/mol. The van der Waals surface area contributed by atoms with Gasteiger partial charge in [0.2, 0.25) is 0 Å². The van der Waals surface area contributed by atoms with Crippen molar-refractivity contribution in [1.82, 2.24) is 4.90 Å². The van der Waals surface area contributed by atoms with E-state index in [1.54, 1.807) is 0 Å². The quantitative estimate of drug-likeness (QED) is 0.0488. The molecule has 0 saturated heterocycles. The number of carbonyl (C=O) groups is 2. The molecule has 0 rings (SSSR count). The number of nitrogens with zero attached hydrogens (tertiary/aromatic N) is 1. The van der Waals surface area contributed by atoms with Crippen molar-refractivity contribution in [1.29, 1.82) is 0 Å². The van der Waals surface area contributed by atoms with E-state index < -0.39 is 6.16 Å². The highest BCUT2D eigenvalue weighted by molar-refractivity contribution is 5.72. The van der Waals surface area contributed by atoms with Gasteiger partial charge in [0.15, 0.2) is 0 Å². The second-order valence-corrected chi connectivity index (χ2v) is 16.3. The van der Waals surface area contributed by atoms with Crippen LogP contribution in [0.2, 0.25) is 0 Å². The van der Waals surface area contributed by atoms with Crippen LogP contribution in [0.4, 0.5) is 4.79 Å². The molecular weight excluding hydrogens is 675 g/mol. The Bertz CT molecular complexity index is 779. The first kappa shape index (κ1) is 52.7. The first-order valence-electron chi connectivity index (χ1n) is 23.8. The Labute approximate surface area is 336 Å². The maximum Gasteiger partial charge on any atom is 0.508 e. The van der Waals surface area contributed by atoms with Crippen molar-refractivity contribution < 1.29 is 28.9 Å². The number of hydrogen-bond donors (Lipinski definition) is 1. The molecule has 322 valence electrons. The van der Waals surface area contributed by atoms with Crippen LogP contribution in [0.25, 0.3) is 0 Å². The molecule has 0 radical (unpaired) electrons. The Kier molecular flexibility index (Phi) is 41.7. The summed E-state index contributed by atoms with van der Waals surface area (Å²) in [6.07, 6.45) is 38.1. The van der Waals surface area contributed by atoms with Crippen LogP contribution in [0.1, 0.15) is 240 Å². The first-order valence-corrected chi connectivity index (χ1v) is 23.8. The molecule has 0 saturated carbocycles. The second kappa shape index (κ2) is 42.8. The van der Waals surface area contributed by atoms with E-state index in [-0.39, 0.29) is 24.6 Å². The van der Waals surface area contributed by atoms with Gasteiger partial charge in [-0.2, -0.15) is 0 Å². The third-order valence-electron chi connectivity index (χ3n) is 11.0. The fourth-order valence-corrected chi connectivity index (χ4v) is 7.50. The average molecular weight is 768 g/mol. The summed E-state index contributed by atoms with van der Waals surface area (Å²) < 4.78 is 16.9. The average Bonchev–Trinajstić information content (AvgIpc) is 3.16. The van der Waals surface area contributed by atoms with Crippen LogP contribution in [0.5, 0.6) is 0 Å². The lowest BCUT2D eigenvalue weighted by molar-refractivity contribution is -0.149. The fraction of sp³-hybridized carbons (Fsp3) is 0.957. The Balaban J connectivity index is 3.95. The normalized spacial score (nSPS) is 12.6. The van der Waals surface area contributed by atoms with E-state index in [4.69, 9.17) is 14.2 Å². The summed E-state index contributed by atoms with van der Waals surface area (Å²) in [7, 11) is 0. The van der Waals surface area contributed by atoms with Crippen molar-refractivity contribution in [2.24, 2.45) is 5.92 Å². The highest BCUT2D eigenvalue weighted by Gasteiger charge is 2.18. The van der Waals surface area contributed by atoms with Gasteiger partial charge >= 0.3 is 12.1 Å². The summed E-state index contributed by atoms with van der Waals surface area (Å²) in [4.78, 5) is 27.3. The lowest BCUT2D eigenvalue weighted by atomic mass is 9.97. The van der Waals surface area contributed by atoms with Crippen molar-refractivity contribution in [3.05, 3.63) is 0 Å². The van der Waals surface area contributed by atoms with E-state index in [2.05, 4.69) is 32.6 Å². The van der Waals surface area contributed by atoms with Gasteiger partial charge in [0, 0.05) is 6.54 Å². The molecule has 2 unspecified atom stereocenters. The summed E-state index contributed by atoms with van der Waals surface area (Å²) >= 11 is 0. The number of carbonyl (C=O) groups excluding carboxylic acids is 2. The third kappa shape index (κ3) is 36.3. The van der Waals surface area contributed by atoms with Gasteiger partial charge in [-0.3, -0.25) is 4.79 Å². The van der Waals surface area contributed by atoms with Crippen LogP contribution < -0.4 is 0 Å². The summed E-state index contributed by atoms with van der Waals surface area (Å²) in [5.41, 5.74) is 0. The van der Waals surface area contributed by atoms with Gasteiger partial charge in [-0.1, -0.05) is 175 Å². The molecular formula is C47H93NO6. The Morgan fingerprint density at radius 3 is 1.35 bits per heavy atom. The molecule has 0 aliphatic heterocycles. The van der Waals surface area contributed by atoms with Crippen molar-refractivity contribution >= 4 is 12.1 Å².